The lowest BCUT2D eigenvalue weighted by atomic mass is 10.0. The molecule has 3 aromatic rings. The number of carbonyl (C=O) groups is 1. The minimum Gasteiger partial charge on any atom is -0.336 e. The summed E-state index contributed by atoms with van der Waals surface area (Å²) in [5.74, 6) is 0.624. The zero-order chi connectivity index (χ0) is 20.4. The van der Waals surface area contributed by atoms with Crippen molar-refractivity contribution in [2.75, 3.05) is 18.8 Å². The fraction of sp³-hybridized carbons (Fsp3) is 0.304. The van der Waals surface area contributed by atoms with E-state index in [0.717, 1.165) is 30.8 Å². The third kappa shape index (κ3) is 4.22. The van der Waals surface area contributed by atoms with Crippen LogP contribution in [0.4, 0.5) is 4.39 Å². The molecule has 1 aromatic heterocycles. The Morgan fingerprint density at radius 2 is 1.90 bits per heavy atom. The summed E-state index contributed by atoms with van der Waals surface area (Å²) in [5.41, 5.74) is 4.71. The zero-order valence-electron chi connectivity index (χ0n) is 16.6. The monoisotopic (exact) mass is 409 g/mol. The summed E-state index contributed by atoms with van der Waals surface area (Å²) in [6, 6.07) is 16.5. The summed E-state index contributed by atoms with van der Waals surface area (Å²) in [4.78, 5) is 15.1. The van der Waals surface area contributed by atoms with Crippen molar-refractivity contribution < 1.29 is 9.18 Å². The summed E-state index contributed by atoms with van der Waals surface area (Å²) in [6.45, 7) is 3.60. The van der Waals surface area contributed by atoms with Crippen molar-refractivity contribution in [3.63, 3.8) is 0 Å². The molecule has 0 saturated carbocycles. The van der Waals surface area contributed by atoms with Crippen molar-refractivity contribution in [1.29, 1.82) is 0 Å². The van der Waals surface area contributed by atoms with Crippen LogP contribution in [0.25, 0.3) is 11.3 Å². The molecule has 1 amide bonds. The molecule has 1 saturated heterocycles. The molecule has 0 bridgehead atoms. The van der Waals surface area contributed by atoms with E-state index in [-0.39, 0.29) is 11.7 Å². The van der Waals surface area contributed by atoms with E-state index in [9.17, 15) is 9.18 Å². The van der Waals surface area contributed by atoms with E-state index < -0.39 is 0 Å². The number of thioether (sulfide) groups is 1. The fourth-order valence-corrected chi connectivity index (χ4v) is 5.09. The first-order chi connectivity index (χ1) is 14.0. The molecule has 1 fully saturated rings. The number of carbonyl (C=O) groups excluding carboxylic acids is 1. The molecule has 0 radical (unpaired) electrons. The van der Waals surface area contributed by atoms with Crippen LogP contribution in [0.5, 0.6) is 0 Å². The van der Waals surface area contributed by atoms with Gasteiger partial charge in [0.2, 0.25) is 0 Å². The Balaban J connectivity index is 1.50. The number of halogens is 1. The van der Waals surface area contributed by atoms with E-state index in [0.29, 0.717) is 16.6 Å². The number of rotatable bonds is 3. The minimum absolute atomic E-state index is 0.000560. The molecule has 1 aliphatic rings. The smallest absolute Gasteiger partial charge is 0.272 e. The second-order valence-corrected chi connectivity index (χ2v) is 8.65. The molecule has 150 valence electrons. The molecule has 0 N–H and O–H groups in total. The minimum atomic E-state index is -0.286. The molecule has 0 spiro atoms. The Bertz CT molecular complexity index is 1020. The van der Waals surface area contributed by atoms with Gasteiger partial charge in [-0.2, -0.15) is 16.9 Å². The van der Waals surface area contributed by atoms with Gasteiger partial charge in [0.1, 0.15) is 11.5 Å². The number of nitrogens with zero attached hydrogens (tertiary/aromatic N) is 3. The molecule has 2 aromatic carbocycles. The highest BCUT2D eigenvalue weighted by Gasteiger charge is 2.25. The Morgan fingerprint density at radius 1 is 1.14 bits per heavy atom. The first-order valence-electron chi connectivity index (χ1n) is 9.79. The summed E-state index contributed by atoms with van der Waals surface area (Å²) >= 11 is 1.92. The Labute approximate surface area is 174 Å². The van der Waals surface area contributed by atoms with E-state index in [4.69, 9.17) is 0 Å². The maximum Gasteiger partial charge on any atom is 0.272 e. The average molecular weight is 410 g/mol. The molecule has 1 unspecified atom stereocenters. The van der Waals surface area contributed by atoms with Gasteiger partial charge in [-0.15, -0.1) is 0 Å². The first-order valence-corrected chi connectivity index (χ1v) is 10.8. The van der Waals surface area contributed by atoms with Gasteiger partial charge < -0.3 is 4.90 Å². The molecular weight excluding hydrogens is 385 g/mol. The summed E-state index contributed by atoms with van der Waals surface area (Å²) in [6.07, 6.45) is 0.934. The predicted molar refractivity (Wildman–Crippen MR) is 116 cm³/mol. The molecule has 4 rings (SSSR count). The van der Waals surface area contributed by atoms with Crippen molar-refractivity contribution in [1.82, 2.24) is 14.7 Å². The van der Waals surface area contributed by atoms with Gasteiger partial charge in [-0.1, -0.05) is 24.3 Å². The van der Waals surface area contributed by atoms with Crippen LogP contribution in [0.2, 0.25) is 0 Å². The molecule has 1 atom stereocenters. The van der Waals surface area contributed by atoms with Crippen molar-refractivity contribution in [2.45, 2.75) is 18.6 Å². The summed E-state index contributed by atoms with van der Waals surface area (Å²) in [5, 5.41) is 4.88. The van der Waals surface area contributed by atoms with Gasteiger partial charge in [0.05, 0.1) is 5.69 Å². The molecule has 29 heavy (non-hydrogen) atoms. The SMILES string of the molecule is Cc1ccccc1C1CCN(C(=O)c2cc(-c3ccc(F)cc3)nn2C)CCS1. The van der Waals surface area contributed by atoms with Crippen LogP contribution in [-0.4, -0.2) is 39.4 Å². The lowest BCUT2D eigenvalue weighted by Crippen LogP contribution is -2.34. The number of aromatic nitrogens is 2. The van der Waals surface area contributed by atoms with Gasteiger partial charge in [-0.25, -0.2) is 4.39 Å². The third-order valence-corrected chi connectivity index (χ3v) is 6.71. The van der Waals surface area contributed by atoms with Gasteiger partial charge in [-0.05, 0) is 54.8 Å². The Morgan fingerprint density at radius 3 is 2.66 bits per heavy atom. The zero-order valence-corrected chi connectivity index (χ0v) is 17.5. The van der Waals surface area contributed by atoms with E-state index in [2.05, 4.69) is 36.3 Å². The van der Waals surface area contributed by atoms with Crippen LogP contribution in [0.15, 0.2) is 54.6 Å². The van der Waals surface area contributed by atoms with Gasteiger partial charge >= 0.3 is 0 Å². The van der Waals surface area contributed by atoms with Crippen molar-refractivity contribution in [3.05, 3.63) is 77.2 Å². The standard InChI is InChI=1S/C23H24FN3OS/c1-16-5-3-4-6-19(16)22-11-12-27(13-14-29-22)23(28)21-15-20(25-26(21)2)17-7-9-18(24)10-8-17/h3-10,15,22H,11-14H2,1-2H3. The maximum atomic E-state index is 13.2. The van der Waals surface area contributed by atoms with Crippen LogP contribution >= 0.6 is 11.8 Å². The number of hydrogen-bond acceptors (Lipinski definition) is 3. The van der Waals surface area contributed by atoms with Crippen molar-refractivity contribution in [2.24, 2.45) is 7.05 Å². The number of amides is 1. The van der Waals surface area contributed by atoms with Gasteiger partial charge in [0.25, 0.3) is 5.91 Å². The Kier molecular flexibility index (Phi) is 5.72. The summed E-state index contributed by atoms with van der Waals surface area (Å²) < 4.78 is 14.8. The molecule has 2 heterocycles. The summed E-state index contributed by atoms with van der Waals surface area (Å²) in [7, 11) is 1.78. The number of benzene rings is 2. The Hall–Kier alpha value is -2.60. The highest BCUT2D eigenvalue weighted by Crippen LogP contribution is 2.36. The van der Waals surface area contributed by atoms with Crippen molar-refractivity contribution in [3.8, 4) is 11.3 Å². The van der Waals surface area contributed by atoms with E-state index >= 15 is 0 Å². The van der Waals surface area contributed by atoms with Gasteiger partial charge in [-0.3, -0.25) is 9.48 Å². The second kappa shape index (κ2) is 8.41. The third-order valence-electron chi connectivity index (χ3n) is 5.40. The lowest BCUT2D eigenvalue weighted by molar-refractivity contribution is 0.0755. The second-order valence-electron chi connectivity index (χ2n) is 7.34. The van der Waals surface area contributed by atoms with Gasteiger partial charge in [0, 0.05) is 36.7 Å². The highest BCUT2D eigenvalue weighted by atomic mass is 32.2. The molecule has 4 nitrogen and oxygen atoms in total. The number of hydrogen-bond donors (Lipinski definition) is 0. The largest absolute Gasteiger partial charge is 0.336 e. The molecule has 6 heteroatoms. The highest BCUT2D eigenvalue weighted by molar-refractivity contribution is 7.99. The first kappa shape index (κ1) is 19.7. The number of aryl methyl sites for hydroxylation is 2. The molecular formula is C23H24FN3OS. The molecule has 0 aliphatic carbocycles. The lowest BCUT2D eigenvalue weighted by Gasteiger charge is -2.20. The quantitative estimate of drug-likeness (QED) is 0.620. The fourth-order valence-electron chi connectivity index (χ4n) is 3.76. The molecule has 1 aliphatic heterocycles. The van der Waals surface area contributed by atoms with Crippen LogP contribution < -0.4 is 0 Å². The van der Waals surface area contributed by atoms with Crippen LogP contribution in [-0.2, 0) is 7.05 Å². The van der Waals surface area contributed by atoms with Crippen molar-refractivity contribution >= 4 is 17.7 Å². The van der Waals surface area contributed by atoms with E-state index in [1.54, 1.807) is 29.9 Å². The van der Waals surface area contributed by atoms with Gasteiger partial charge in [0.15, 0.2) is 0 Å². The maximum absolute atomic E-state index is 13.2. The van der Waals surface area contributed by atoms with Crippen LogP contribution in [0.3, 0.4) is 0 Å². The van der Waals surface area contributed by atoms with E-state index in [1.165, 1.54) is 23.3 Å². The van der Waals surface area contributed by atoms with Crippen LogP contribution in [0, 0.1) is 12.7 Å². The predicted octanol–water partition coefficient (Wildman–Crippen LogP) is 4.86. The van der Waals surface area contributed by atoms with E-state index in [1.807, 2.05) is 16.7 Å². The van der Waals surface area contributed by atoms with Crippen LogP contribution in [0.1, 0.15) is 33.3 Å². The topological polar surface area (TPSA) is 38.1 Å². The normalized spacial score (nSPS) is 17.2. The average Bonchev–Trinajstić information content (AvgIpc) is 2.95.